The zero-order valence-corrected chi connectivity index (χ0v) is 11.7. The largest absolute Gasteiger partial charge is 0.481 e. The van der Waals surface area contributed by atoms with Crippen molar-refractivity contribution < 1.29 is 9.90 Å². The van der Waals surface area contributed by atoms with Gasteiger partial charge in [-0.15, -0.1) is 0 Å². The molecule has 19 heavy (non-hydrogen) atoms. The van der Waals surface area contributed by atoms with Crippen molar-refractivity contribution in [2.45, 2.75) is 13.3 Å². The zero-order valence-electron chi connectivity index (χ0n) is 10.2. The van der Waals surface area contributed by atoms with Crippen molar-refractivity contribution >= 4 is 29.2 Å². The highest BCUT2D eigenvalue weighted by molar-refractivity contribution is 6.39. The van der Waals surface area contributed by atoms with E-state index in [1.54, 1.807) is 30.5 Å². The summed E-state index contributed by atoms with van der Waals surface area (Å²) >= 11 is 12.3. The monoisotopic (exact) mass is 295 g/mol. The first-order valence-electron chi connectivity index (χ1n) is 5.61. The lowest BCUT2D eigenvalue weighted by Gasteiger charge is -2.12. The number of rotatable bonds is 3. The number of carboxylic acid groups (broad SMARTS) is 1. The average molecular weight is 296 g/mol. The fourth-order valence-corrected chi connectivity index (χ4v) is 2.48. The van der Waals surface area contributed by atoms with E-state index in [2.05, 4.69) is 4.98 Å². The number of aliphatic carboxylic acids is 1. The van der Waals surface area contributed by atoms with Crippen LogP contribution in [0.1, 0.15) is 11.1 Å². The topological polar surface area (TPSA) is 50.2 Å². The van der Waals surface area contributed by atoms with Gasteiger partial charge in [-0.2, -0.15) is 0 Å². The van der Waals surface area contributed by atoms with Gasteiger partial charge in [-0.1, -0.05) is 29.3 Å². The number of carbonyl (C=O) groups is 1. The summed E-state index contributed by atoms with van der Waals surface area (Å²) in [7, 11) is 0. The minimum absolute atomic E-state index is 0.115. The van der Waals surface area contributed by atoms with Crippen LogP contribution in [0.4, 0.5) is 0 Å². The second-order valence-corrected chi connectivity index (χ2v) is 4.94. The van der Waals surface area contributed by atoms with Gasteiger partial charge >= 0.3 is 5.97 Å². The Labute approximate surface area is 120 Å². The van der Waals surface area contributed by atoms with E-state index in [0.717, 1.165) is 5.56 Å². The predicted molar refractivity (Wildman–Crippen MR) is 75.8 cm³/mol. The molecule has 0 saturated heterocycles. The van der Waals surface area contributed by atoms with Crippen molar-refractivity contribution in [3.63, 3.8) is 0 Å². The molecule has 3 nitrogen and oxygen atoms in total. The first-order valence-corrected chi connectivity index (χ1v) is 6.37. The molecule has 1 heterocycles. The number of nitrogens with zero attached hydrogens (tertiary/aromatic N) is 1. The van der Waals surface area contributed by atoms with Gasteiger partial charge in [0.15, 0.2) is 0 Å². The van der Waals surface area contributed by atoms with Crippen molar-refractivity contribution in [1.29, 1.82) is 0 Å². The summed E-state index contributed by atoms with van der Waals surface area (Å²) in [4.78, 5) is 15.2. The maximum atomic E-state index is 11.0. The van der Waals surface area contributed by atoms with Gasteiger partial charge < -0.3 is 5.11 Å². The molecular weight excluding hydrogens is 285 g/mol. The van der Waals surface area contributed by atoms with E-state index in [-0.39, 0.29) is 6.42 Å². The number of hydrogen-bond acceptors (Lipinski definition) is 2. The molecule has 98 valence electrons. The lowest BCUT2D eigenvalue weighted by molar-refractivity contribution is -0.136. The van der Waals surface area contributed by atoms with E-state index in [1.165, 1.54) is 0 Å². The van der Waals surface area contributed by atoms with Gasteiger partial charge in [0, 0.05) is 11.8 Å². The van der Waals surface area contributed by atoms with Crippen molar-refractivity contribution in [2.75, 3.05) is 0 Å². The molecule has 2 aromatic rings. The van der Waals surface area contributed by atoms with E-state index < -0.39 is 5.97 Å². The number of aryl methyl sites for hydroxylation is 1. The fourth-order valence-electron chi connectivity index (χ4n) is 1.90. The number of pyridine rings is 1. The van der Waals surface area contributed by atoms with E-state index in [1.807, 2.05) is 6.92 Å². The Hall–Kier alpha value is -1.58. The van der Waals surface area contributed by atoms with E-state index in [9.17, 15) is 4.79 Å². The van der Waals surface area contributed by atoms with Crippen molar-refractivity contribution in [1.82, 2.24) is 4.98 Å². The molecule has 5 heteroatoms. The molecule has 0 atom stereocenters. The molecule has 0 aliphatic rings. The number of aromatic nitrogens is 1. The second kappa shape index (κ2) is 5.59. The van der Waals surface area contributed by atoms with Crippen molar-refractivity contribution in [3.8, 4) is 11.3 Å². The highest BCUT2D eigenvalue weighted by atomic mass is 35.5. The lowest BCUT2D eigenvalue weighted by atomic mass is 9.99. The molecule has 0 spiro atoms. The minimum atomic E-state index is -0.916. The van der Waals surface area contributed by atoms with Crippen LogP contribution in [-0.4, -0.2) is 16.1 Å². The van der Waals surface area contributed by atoms with Gasteiger partial charge in [0.2, 0.25) is 0 Å². The Morgan fingerprint density at radius 2 is 1.89 bits per heavy atom. The van der Waals surface area contributed by atoms with Crippen LogP contribution in [0.25, 0.3) is 11.3 Å². The Bertz CT molecular complexity index is 621. The van der Waals surface area contributed by atoms with Gasteiger partial charge in [-0.25, -0.2) is 0 Å². The van der Waals surface area contributed by atoms with Gasteiger partial charge in [0.05, 0.1) is 22.2 Å². The Morgan fingerprint density at radius 1 is 1.26 bits per heavy atom. The molecular formula is C14H11Cl2NO2. The van der Waals surface area contributed by atoms with E-state index in [0.29, 0.717) is 26.9 Å². The van der Waals surface area contributed by atoms with E-state index >= 15 is 0 Å². The molecule has 1 aromatic heterocycles. The minimum Gasteiger partial charge on any atom is -0.481 e. The molecule has 1 aromatic carbocycles. The molecule has 0 unspecified atom stereocenters. The molecule has 0 saturated carbocycles. The molecule has 0 radical (unpaired) electrons. The normalized spacial score (nSPS) is 10.5. The second-order valence-electron chi connectivity index (χ2n) is 4.12. The standard InChI is InChI=1S/C14H11Cl2NO2/c1-8-5-6-17-14(9(8)7-12(18)19)13-10(15)3-2-4-11(13)16/h2-6H,7H2,1H3,(H,18,19). The quantitative estimate of drug-likeness (QED) is 0.931. The first-order chi connectivity index (χ1) is 9.00. The van der Waals surface area contributed by atoms with Crippen LogP contribution in [0.15, 0.2) is 30.5 Å². The Balaban J connectivity index is 2.69. The van der Waals surface area contributed by atoms with Crippen molar-refractivity contribution in [2.24, 2.45) is 0 Å². The van der Waals surface area contributed by atoms with E-state index in [4.69, 9.17) is 28.3 Å². The van der Waals surface area contributed by atoms with Gasteiger partial charge in [-0.05, 0) is 36.2 Å². The maximum Gasteiger partial charge on any atom is 0.307 e. The zero-order chi connectivity index (χ0) is 14.0. The Morgan fingerprint density at radius 3 is 2.47 bits per heavy atom. The average Bonchev–Trinajstić information content (AvgIpc) is 2.32. The summed E-state index contributed by atoms with van der Waals surface area (Å²) in [5.41, 5.74) is 2.58. The fraction of sp³-hybridized carbons (Fsp3) is 0.143. The van der Waals surface area contributed by atoms with Crippen LogP contribution >= 0.6 is 23.2 Å². The summed E-state index contributed by atoms with van der Waals surface area (Å²) in [6, 6.07) is 6.92. The predicted octanol–water partition coefficient (Wildman–Crippen LogP) is 3.99. The van der Waals surface area contributed by atoms with Gasteiger partial charge in [0.1, 0.15) is 0 Å². The maximum absolute atomic E-state index is 11.0. The third kappa shape index (κ3) is 2.88. The van der Waals surface area contributed by atoms with Crippen molar-refractivity contribution in [3.05, 3.63) is 51.6 Å². The van der Waals surface area contributed by atoms with Crippen LogP contribution in [-0.2, 0) is 11.2 Å². The molecule has 2 rings (SSSR count). The summed E-state index contributed by atoms with van der Waals surface area (Å²) in [6.45, 7) is 1.84. The third-order valence-corrected chi connectivity index (χ3v) is 3.45. The van der Waals surface area contributed by atoms with Crippen LogP contribution < -0.4 is 0 Å². The van der Waals surface area contributed by atoms with Crippen LogP contribution in [0.2, 0.25) is 10.0 Å². The smallest absolute Gasteiger partial charge is 0.307 e. The SMILES string of the molecule is Cc1ccnc(-c2c(Cl)cccc2Cl)c1CC(=O)O. The lowest BCUT2D eigenvalue weighted by Crippen LogP contribution is -2.05. The third-order valence-electron chi connectivity index (χ3n) is 2.82. The van der Waals surface area contributed by atoms with Gasteiger partial charge in [-0.3, -0.25) is 9.78 Å². The highest BCUT2D eigenvalue weighted by Crippen LogP contribution is 2.36. The number of hydrogen-bond donors (Lipinski definition) is 1. The number of carboxylic acids is 1. The molecule has 0 fully saturated rings. The molecule has 0 bridgehead atoms. The summed E-state index contributed by atoms with van der Waals surface area (Å²) < 4.78 is 0. The highest BCUT2D eigenvalue weighted by Gasteiger charge is 2.17. The van der Waals surface area contributed by atoms with Crippen LogP contribution in [0.3, 0.4) is 0 Å². The van der Waals surface area contributed by atoms with Crippen LogP contribution in [0, 0.1) is 6.92 Å². The molecule has 0 aliphatic heterocycles. The molecule has 0 amide bonds. The number of benzene rings is 1. The molecule has 0 aliphatic carbocycles. The first kappa shape index (κ1) is 13.8. The summed E-state index contributed by atoms with van der Waals surface area (Å²) in [5, 5.41) is 9.92. The number of halogens is 2. The summed E-state index contributed by atoms with van der Waals surface area (Å²) in [6.07, 6.45) is 1.51. The molecule has 1 N–H and O–H groups in total. The summed E-state index contributed by atoms with van der Waals surface area (Å²) in [5.74, 6) is -0.916. The van der Waals surface area contributed by atoms with Crippen LogP contribution in [0.5, 0.6) is 0 Å². The van der Waals surface area contributed by atoms with Gasteiger partial charge in [0.25, 0.3) is 0 Å². The Kier molecular flexibility index (Phi) is 4.08.